The Kier molecular flexibility index (Phi) is 6.81. The summed E-state index contributed by atoms with van der Waals surface area (Å²) >= 11 is 0. The third kappa shape index (κ3) is 5.52. The SMILES string of the molecule is CCc1ccc(C(C)NC(=O)c2ccc(NS(=O)(=O)c3ccc(C)cc3)c(C)c2)cc1. The van der Waals surface area contributed by atoms with Crippen LogP contribution in [0, 0.1) is 13.8 Å². The number of nitrogens with one attached hydrogen (secondary N) is 2. The van der Waals surface area contributed by atoms with E-state index in [0.717, 1.165) is 17.5 Å². The number of carbonyl (C=O) groups excluding carboxylic acids is 1. The van der Waals surface area contributed by atoms with Crippen molar-refractivity contribution in [1.82, 2.24) is 5.32 Å². The van der Waals surface area contributed by atoms with E-state index in [1.54, 1.807) is 49.4 Å². The minimum atomic E-state index is -3.70. The normalized spacial score (nSPS) is 12.3. The Labute approximate surface area is 184 Å². The molecule has 31 heavy (non-hydrogen) atoms. The molecule has 0 aliphatic carbocycles. The van der Waals surface area contributed by atoms with Crippen LogP contribution in [0.5, 0.6) is 0 Å². The van der Waals surface area contributed by atoms with Crippen molar-refractivity contribution >= 4 is 21.6 Å². The molecule has 0 aromatic heterocycles. The average Bonchev–Trinajstić information content (AvgIpc) is 2.75. The van der Waals surface area contributed by atoms with E-state index in [0.29, 0.717) is 16.8 Å². The van der Waals surface area contributed by atoms with E-state index in [4.69, 9.17) is 0 Å². The zero-order chi connectivity index (χ0) is 22.6. The fraction of sp³-hybridized carbons (Fsp3) is 0.240. The van der Waals surface area contributed by atoms with Crippen LogP contribution in [0.15, 0.2) is 71.6 Å². The quantitative estimate of drug-likeness (QED) is 0.537. The monoisotopic (exact) mass is 436 g/mol. The Morgan fingerprint density at radius 3 is 2.16 bits per heavy atom. The zero-order valence-corrected chi connectivity index (χ0v) is 19.1. The van der Waals surface area contributed by atoms with Gasteiger partial charge in [-0.2, -0.15) is 0 Å². The maximum atomic E-state index is 12.7. The lowest BCUT2D eigenvalue weighted by molar-refractivity contribution is 0.0940. The van der Waals surface area contributed by atoms with E-state index in [2.05, 4.69) is 29.1 Å². The van der Waals surface area contributed by atoms with Gasteiger partial charge in [0.15, 0.2) is 0 Å². The summed E-state index contributed by atoms with van der Waals surface area (Å²) in [6, 6.07) is 19.6. The molecule has 0 spiro atoms. The molecule has 3 aromatic carbocycles. The van der Waals surface area contributed by atoms with Gasteiger partial charge in [-0.3, -0.25) is 9.52 Å². The van der Waals surface area contributed by atoms with Crippen molar-refractivity contribution in [2.75, 3.05) is 4.72 Å². The summed E-state index contributed by atoms with van der Waals surface area (Å²) in [4.78, 5) is 12.9. The number of benzene rings is 3. The standard InChI is InChI=1S/C25H28N2O3S/c1-5-20-8-10-21(11-9-20)19(4)26-25(28)22-12-15-24(18(3)16-22)27-31(29,30)23-13-6-17(2)7-14-23/h6-16,19,27H,5H2,1-4H3,(H,26,28). The summed E-state index contributed by atoms with van der Waals surface area (Å²) in [7, 11) is -3.70. The topological polar surface area (TPSA) is 75.3 Å². The number of hydrogen-bond acceptors (Lipinski definition) is 3. The van der Waals surface area contributed by atoms with Gasteiger partial charge < -0.3 is 5.32 Å². The number of amides is 1. The molecular formula is C25H28N2O3S. The molecule has 0 radical (unpaired) electrons. The highest BCUT2D eigenvalue weighted by molar-refractivity contribution is 7.92. The van der Waals surface area contributed by atoms with E-state index in [1.807, 2.05) is 26.0 Å². The predicted octanol–water partition coefficient (Wildman–Crippen LogP) is 5.16. The van der Waals surface area contributed by atoms with Gasteiger partial charge in [0.25, 0.3) is 15.9 Å². The predicted molar refractivity (Wildman–Crippen MR) is 125 cm³/mol. The number of carbonyl (C=O) groups is 1. The van der Waals surface area contributed by atoms with E-state index < -0.39 is 10.0 Å². The number of anilines is 1. The second kappa shape index (κ2) is 9.35. The second-order valence-corrected chi connectivity index (χ2v) is 9.42. The molecule has 1 amide bonds. The third-order valence-electron chi connectivity index (χ3n) is 5.30. The summed E-state index contributed by atoms with van der Waals surface area (Å²) in [5.41, 5.74) is 4.86. The summed E-state index contributed by atoms with van der Waals surface area (Å²) in [6.07, 6.45) is 0.973. The van der Waals surface area contributed by atoms with Gasteiger partial charge in [0, 0.05) is 5.56 Å². The Hall–Kier alpha value is -3.12. The maximum absolute atomic E-state index is 12.7. The largest absolute Gasteiger partial charge is 0.346 e. The first-order valence-electron chi connectivity index (χ1n) is 10.3. The van der Waals surface area contributed by atoms with Gasteiger partial charge in [-0.05, 0) is 74.2 Å². The van der Waals surface area contributed by atoms with Crippen LogP contribution in [-0.4, -0.2) is 14.3 Å². The summed E-state index contributed by atoms with van der Waals surface area (Å²) in [5, 5.41) is 3.00. The van der Waals surface area contributed by atoms with Gasteiger partial charge in [-0.25, -0.2) is 8.42 Å². The van der Waals surface area contributed by atoms with Crippen molar-refractivity contribution in [1.29, 1.82) is 0 Å². The number of aryl methyl sites for hydroxylation is 3. The molecule has 1 unspecified atom stereocenters. The van der Waals surface area contributed by atoms with Crippen molar-refractivity contribution in [3.8, 4) is 0 Å². The molecule has 0 fully saturated rings. The van der Waals surface area contributed by atoms with Gasteiger partial charge in [-0.15, -0.1) is 0 Å². The summed E-state index contributed by atoms with van der Waals surface area (Å²) in [6.45, 7) is 7.72. The first kappa shape index (κ1) is 22.6. The van der Waals surface area contributed by atoms with E-state index in [-0.39, 0.29) is 16.8 Å². The molecule has 3 aromatic rings. The van der Waals surface area contributed by atoms with Gasteiger partial charge >= 0.3 is 0 Å². The van der Waals surface area contributed by atoms with Crippen LogP contribution in [0.3, 0.4) is 0 Å². The van der Waals surface area contributed by atoms with Crippen LogP contribution in [0.2, 0.25) is 0 Å². The molecule has 0 saturated carbocycles. The van der Waals surface area contributed by atoms with Crippen molar-refractivity contribution in [3.63, 3.8) is 0 Å². The van der Waals surface area contributed by atoms with Gasteiger partial charge in [-0.1, -0.05) is 48.9 Å². The maximum Gasteiger partial charge on any atom is 0.261 e. The van der Waals surface area contributed by atoms with Crippen molar-refractivity contribution in [3.05, 3.63) is 94.5 Å². The lowest BCUT2D eigenvalue weighted by Crippen LogP contribution is -2.26. The van der Waals surface area contributed by atoms with Gasteiger partial charge in [0.2, 0.25) is 0 Å². The highest BCUT2D eigenvalue weighted by Crippen LogP contribution is 2.22. The zero-order valence-electron chi connectivity index (χ0n) is 18.3. The summed E-state index contributed by atoms with van der Waals surface area (Å²) < 4.78 is 27.9. The highest BCUT2D eigenvalue weighted by Gasteiger charge is 2.17. The molecule has 0 saturated heterocycles. The Morgan fingerprint density at radius 1 is 0.935 bits per heavy atom. The molecule has 1 atom stereocenters. The molecule has 0 heterocycles. The van der Waals surface area contributed by atoms with Crippen LogP contribution in [0.25, 0.3) is 0 Å². The van der Waals surface area contributed by atoms with Crippen molar-refractivity contribution in [2.45, 2.75) is 45.1 Å². The molecule has 0 aliphatic heterocycles. The molecule has 0 bridgehead atoms. The fourth-order valence-electron chi connectivity index (χ4n) is 3.25. The summed E-state index contributed by atoms with van der Waals surface area (Å²) in [5.74, 6) is -0.205. The highest BCUT2D eigenvalue weighted by atomic mass is 32.2. The average molecular weight is 437 g/mol. The van der Waals surface area contributed by atoms with E-state index in [9.17, 15) is 13.2 Å². The molecule has 6 heteroatoms. The first-order chi connectivity index (χ1) is 14.7. The van der Waals surface area contributed by atoms with Crippen LogP contribution in [0.1, 0.15) is 52.5 Å². The van der Waals surface area contributed by atoms with Crippen LogP contribution in [-0.2, 0) is 16.4 Å². The molecule has 162 valence electrons. The smallest absolute Gasteiger partial charge is 0.261 e. The first-order valence-corrected chi connectivity index (χ1v) is 11.8. The molecule has 0 aliphatic rings. The van der Waals surface area contributed by atoms with E-state index >= 15 is 0 Å². The number of rotatable bonds is 7. The fourth-order valence-corrected chi connectivity index (χ4v) is 4.38. The minimum Gasteiger partial charge on any atom is -0.346 e. The van der Waals surface area contributed by atoms with Crippen molar-refractivity contribution in [2.24, 2.45) is 0 Å². The number of sulfonamides is 1. The second-order valence-electron chi connectivity index (χ2n) is 7.74. The van der Waals surface area contributed by atoms with Crippen LogP contribution >= 0.6 is 0 Å². The van der Waals surface area contributed by atoms with Crippen LogP contribution < -0.4 is 10.0 Å². The van der Waals surface area contributed by atoms with E-state index in [1.165, 1.54) is 5.56 Å². The minimum absolute atomic E-state index is 0.140. The van der Waals surface area contributed by atoms with Gasteiger partial charge in [0.05, 0.1) is 16.6 Å². The Balaban J connectivity index is 1.72. The van der Waals surface area contributed by atoms with Gasteiger partial charge in [0.1, 0.15) is 0 Å². The molecule has 5 nitrogen and oxygen atoms in total. The molecule has 3 rings (SSSR count). The van der Waals surface area contributed by atoms with Crippen molar-refractivity contribution < 1.29 is 13.2 Å². The Morgan fingerprint density at radius 2 is 1.58 bits per heavy atom. The lowest BCUT2D eigenvalue weighted by Gasteiger charge is -2.16. The Bertz CT molecular complexity index is 1170. The lowest BCUT2D eigenvalue weighted by atomic mass is 10.0. The molecular weight excluding hydrogens is 408 g/mol. The number of hydrogen-bond donors (Lipinski definition) is 2. The van der Waals surface area contributed by atoms with Crippen LogP contribution in [0.4, 0.5) is 5.69 Å². The third-order valence-corrected chi connectivity index (χ3v) is 6.68. The molecule has 2 N–H and O–H groups in total.